The minimum absolute atomic E-state index is 0.0910. The molecular formula is C17H28N2O4. The van der Waals surface area contributed by atoms with Crippen molar-refractivity contribution in [1.29, 1.82) is 0 Å². The molecule has 0 aliphatic rings. The molecule has 0 fully saturated rings. The molecule has 0 bridgehead atoms. The third-order valence-corrected chi connectivity index (χ3v) is 3.36. The van der Waals surface area contributed by atoms with Crippen LogP contribution in [-0.4, -0.2) is 34.5 Å². The van der Waals surface area contributed by atoms with Crippen LogP contribution < -0.4 is 10.6 Å². The van der Waals surface area contributed by atoms with Crippen LogP contribution in [0.15, 0.2) is 18.2 Å². The highest BCUT2D eigenvalue weighted by Crippen LogP contribution is 2.27. The van der Waals surface area contributed by atoms with Crippen LogP contribution in [0.2, 0.25) is 0 Å². The summed E-state index contributed by atoms with van der Waals surface area (Å²) in [6.45, 7) is 9.83. The lowest BCUT2D eigenvalue weighted by Crippen LogP contribution is -2.44. The van der Waals surface area contributed by atoms with Gasteiger partial charge in [-0.05, 0) is 52.3 Å². The van der Waals surface area contributed by atoms with E-state index in [4.69, 9.17) is 4.74 Å². The van der Waals surface area contributed by atoms with Gasteiger partial charge < -0.3 is 25.6 Å². The van der Waals surface area contributed by atoms with Crippen molar-refractivity contribution < 1.29 is 19.7 Å². The molecule has 130 valence electrons. The molecule has 1 rings (SSSR count). The fraction of sp³-hybridized carbons (Fsp3) is 0.588. The number of hydrogen-bond acceptors (Lipinski definition) is 5. The van der Waals surface area contributed by atoms with Gasteiger partial charge >= 0.3 is 6.09 Å². The van der Waals surface area contributed by atoms with Gasteiger partial charge in [-0.15, -0.1) is 0 Å². The molecule has 0 saturated heterocycles. The summed E-state index contributed by atoms with van der Waals surface area (Å²) in [6.07, 6.45) is 0.296. The largest absolute Gasteiger partial charge is 0.508 e. The zero-order valence-corrected chi connectivity index (χ0v) is 14.5. The molecule has 0 spiro atoms. The first-order valence-electron chi connectivity index (χ1n) is 7.87. The van der Waals surface area contributed by atoms with Crippen molar-refractivity contribution >= 4 is 6.09 Å². The van der Waals surface area contributed by atoms with E-state index in [2.05, 4.69) is 10.6 Å². The predicted molar refractivity (Wildman–Crippen MR) is 89.6 cm³/mol. The van der Waals surface area contributed by atoms with Gasteiger partial charge in [0.2, 0.25) is 0 Å². The lowest BCUT2D eigenvalue weighted by Gasteiger charge is -2.24. The Hall–Kier alpha value is -1.95. The van der Waals surface area contributed by atoms with E-state index in [9.17, 15) is 15.0 Å². The summed E-state index contributed by atoms with van der Waals surface area (Å²) in [5.74, 6) is 0.223. The lowest BCUT2D eigenvalue weighted by atomic mass is 10.1. The van der Waals surface area contributed by atoms with Gasteiger partial charge in [-0.3, -0.25) is 0 Å². The van der Waals surface area contributed by atoms with Crippen LogP contribution in [0.3, 0.4) is 0 Å². The second kappa shape index (κ2) is 8.06. The maximum atomic E-state index is 11.8. The first-order chi connectivity index (χ1) is 10.6. The number of phenols is 2. The highest BCUT2D eigenvalue weighted by atomic mass is 16.6. The Morgan fingerprint density at radius 2 is 1.96 bits per heavy atom. The van der Waals surface area contributed by atoms with Crippen LogP contribution in [-0.2, 0) is 4.74 Å². The van der Waals surface area contributed by atoms with Gasteiger partial charge in [-0.1, -0.05) is 6.92 Å². The van der Waals surface area contributed by atoms with E-state index in [0.717, 1.165) is 6.42 Å². The van der Waals surface area contributed by atoms with E-state index in [1.54, 1.807) is 0 Å². The molecule has 0 saturated carbocycles. The average molecular weight is 324 g/mol. The van der Waals surface area contributed by atoms with E-state index >= 15 is 0 Å². The summed E-state index contributed by atoms with van der Waals surface area (Å²) < 4.78 is 5.25. The van der Waals surface area contributed by atoms with Crippen molar-refractivity contribution in [2.24, 2.45) is 0 Å². The molecule has 0 radical (unpaired) electrons. The fourth-order valence-corrected chi connectivity index (χ4v) is 2.09. The van der Waals surface area contributed by atoms with E-state index in [-0.39, 0.29) is 23.6 Å². The van der Waals surface area contributed by atoms with Crippen LogP contribution in [0.25, 0.3) is 0 Å². The van der Waals surface area contributed by atoms with Crippen molar-refractivity contribution in [3.05, 3.63) is 23.8 Å². The third-order valence-electron chi connectivity index (χ3n) is 3.36. The molecule has 0 aliphatic heterocycles. The number of hydrogen-bond donors (Lipinski definition) is 4. The van der Waals surface area contributed by atoms with Crippen LogP contribution in [0.1, 0.15) is 52.6 Å². The Balaban J connectivity index is 2.56. The molecule has 23 heavy (non-hydrogen) atoms. The molecule has 0 aliphatic carbocycles. The summed E-state index contributed by atoms with van der Waals surface area (Å²) in [5, 5.41) is 25.4. The number of carbonyl (C=O) groups excluding carboxylic acids is 1. The van der Waals surface area contributed by atoms with Gasteiger partial charge in [0.1, 0.15) is 17.1 Å². The molecule has 2 unspecified atom stereocenters. The number of alkyl carbamates (subject to hydrolysis) is 1. The van der Waals surface area contributed by atoms with E-state index in [0.29, 0.717) is 12.1 Å². The van der Waals surface area contributed by atoms with E-state index < -0.39 is 11.7 Å². The highest BCUT2D eigenvalue weighted by Gasteiger charge is 2.19. The lowest BCUT2D eigenvalue weighted by molar-refractivity contribution is 0.0502. The minimum atomic E-state index is -0.531. The van der Waals surface area contributed by atoms with Crippen LogP contribution in [0.4, 0.5) is 4.79 Å². The Bertz CT molecular complexity index is 526. The van der Waals surface area contributed by atoms with Gasteiger partial charge in [0.15, 0.2) is 0 Å². The second-order valence-corrected chi connectivity index (χ2v) is 6.62. The number of ether oxygens (including phenoxy) is 1. The molecule has 1 amide bonds. The molecule has 1 aromatic carbocycles. The first kappa shape index (κ1) is 19.1. The maximum Gasteiger partial charge on any atom is 0.407 e. The number of nitrogens with one attached hydrogen (secondary N) is 2. The van der Waals surface area contributed by atoms with Gasteiger partial charge in [0.05, 0.1) is 0 Å². The third kappa shape index (κ3) is 6.78. The van der Waals surface area contributed by atoms with Crippen molar-refractivity contribution in [2.75, 3.05) is 6.54 Å². The molecule has 6 nitrogen and oxygen atoms in total. The molecule has 1 aromatic rings. The highest BCUT2D eigenvalue weighted by molar-refractivity contribution is 5.68. The molecular weight excluding hydrogens is 296 g/mol. The SMILES string of the molecule is CCC(CNC(C)c1cc(O)ccc1O)NC(=O)OC(C)(C)C. The summed E-state index contributed by atoms with van der Waals surface area (Å²) in [5.41, 5.74) is 0.0771. The predicted octanol–water partition coefficient (Wildman–Crippen LogP) is 3.05. The van der Waals surface area contributed by atoms with Gasteiger partial charge in [0.25, 0.3) is 0 Å². The Morgan fingerprint density at radius 3 is 2.52 bits per heavy atom. The molecule has 0 heterocycles. The Kier molecular flexibility index (Phi) is 6.69. The minimum Gasteiger partial charge on any atom is -0.508 e. The number of amides is 1. The smallest absolute Gasteiger partial charge is 0.407 e. The van der Waals surface area contributed by atoms with Crippen molar-refractivity contribution in [1.82, 2.24) is 10.6 Å². The van der Waals surface area contributed by atoms with E-state index in [1.807, 2.05) is 34.6 Å². The topological polar surface area (TPSA) is 90.8 Å². The first-order valence-corrected chi connectivity index (χ1v) is 7.87. The summed E-state index contributed by atoms with van der Waals surface area (Å²) in [4.78, 5) is 11.8. The molecule has 4 N–H and O–H groups in total. The van der Waals surface area contributed by atoms with Gasteiger partial charge in [-0.25, -0.2) is 4.79 Å². The number of rotatable bonds is 6. The summed E-state index contributed by atoms with van der Waals surface area (Å²) in [7, 11) is 0. The number of phenolic OH excluding ortho intramolecular Hbond substituents is 2. The summed E-state index contributed by atoms with van der Waals surface area (Å²) in [6, 6.07) is 4.15. The molecule has 2 atom stereocenters. The van der Waals surface area contributed by atoms with Crippen molar-refractivity contribution in [3.8, 4) is 11.5 Å². The number of aromatic hydroxyl groups is 2. The van der Waals surface area contributed by atoms with Crippen LogP contribution in [0, 0.1) is 0 Å². The molecule has 6 heteroatoms. The Labute approximate surface area is 137 Å². The normalized spacial score (nSPS) is 14.1. The van der Waals surface area contributed by atoms with Gasteiger partial charge in [-0.2, -0.15) is 0 Å². The standard InChI is InChI=1S/C17H28N2O4/c1-6-12(19-16(22)23-17(3,4)5)10-18-11(2)14-9-13(20)7-8-15(14)21/h7-9,11-12,18,20-21H,6,10H2,1-5H3,(H,19,22). The Morgan fingerprint density at radius 1 is 1.30 bits per heavy atom. The zero-order chi connectivity index (χ0) is 17.6. The molecule has 0 aromatic heterocycles. The second-order valence-electron chi connectivity index (χ2n) is 6.62. The summed E-state index contributed by atoms with van der Waals surface area (Å²) >= 11 is 0. The average Bonchev–Trinajstić information content (AvgIpc) is 2.43. The van der Waals surface area contributed by atoms with E-state index in [1.165, 1.54) is 18.2 Å². The van der Waals surface area contributed by atoms with Crippen LogP contribution in [0.5, 0.6) is 11.5 Å². The van der Waals surface area contributed by atoms with Gasteiger partial charge in [0, 0.05) is 24.2 Å². The fourth-order valence-electron chi connectivity index (χ4n) is 2.09. The zero-order valence-electron chi connectivity index (χ0n) is 14.5. The number of carbonyl (C=O) groups is 1. The quantitative estimate of drug-likeness (QED) is 0.604. The maximum absolute atomic E-state index is 11.8. The van der Waals surface area contributed by atoms with Crippen molar-refractivity contribution in [3.63, 3.8) is 0 Å². The monoisotopic (exact) mass is 324 g/mol. The van der Waals surface area contributed by atoms with Crippen LogP contribution >= 0.6 is 0 Å². The number of benzene rings is 1. The van der Waals surface area contributed by atoms with Crippen molar-refractivity contribution in [2.45, 2.75) is 58.7 Å².